The zero-order valence-electron chi connectivity index (χ0n) is 24.7. The van der Waals surface area contributed by atoms with Gasteiger partial charge in [0, 0.05) is 24.4 Å². The highest BCUT2D eigenvalue weighted by Crippen LogP contribution is 2.30. The molecule has 0 bridgehead atoms. The molecule has 0 N–H and O–H groups in total. The summed E-state index contributed by atoms with van der Waals surface area (Å²) in [6.45, 7) is 9.30. The molecule has 0 saturated carbocycles. The topological polar surface area (TPSA) is 17.8 Å². The summed E-state index contributed by atoms with van der Waals surface area (Å²) in [5, 5.41) is 0. The standard InChI is InChI=1S/C33H64N2/c1-5-8-10-12-14-15-16-17-18-19-21-23-25-28-32(27-24-22-20-13-11-9-6-2)33-34-29-30-35(33)31(4)26-7-3/h29-32H,5-28H2,1-4H3. The van der Waals surface area contributed by atoms with E-state index in [4.69, 9.17) is 4.98 Å². The fraction of sp³-hybridized carbons (Fsp3) is 0.909. The van der Waals surface area contributed by atoms with Crippen LogP contribution in [0.5, 0.6) is 0 Å². The van der Waals surface area contributed by atoms with Gasteiger partial charge in [-0.05, 0) is 26.2 Å². The Morgan fingerprint density at radius 3 is 1.34 bits per heavy atom. The second-order valence-corrected chi connectivity index (χ2v) is 11.5. The summed E-state index contributed by atoms with van der Waals surface area (Å²) in [5.74, 6) is 2.04. The van der Waals surface area contributed by atoms with Crippen LogP contribution in [-0.4, -0.2) is 9.55 Å². The van der Waals surface area contributed by atoms with Crippen LogP contribution in [0.15, 0.2) is 12.4 Å². The van der Waals surface area contributed by atoms with Crippen molar-refractivity contribution in [3.05, 3.63) is 18.2 Å². The average Bonchev–Trinajstić information content (AvgIpc) is 3.35. The Bertz CT molecular complexity index is 549. The van der Waals surface area contributed by atoms with Crippen LogP contribution >= 0.6 is 0 Å². The molecular formula is C33H64N2. The maximum absolute atomic E-state index is 4.90. The zero-order chi connectivity index (χ0) is 25.4. The summed E-state index contributed by atoms with van der Waals surface area (Å²) in [6.07, 6.45) is 38.0. The zero-order valence-corrected chi connectivity index (χ0v) is 24.7. The highest BCUT2D eigenvalue weighted by atomic mass is 15.1. The minimum Gasteiger partial charge on any atom is -0.332 e. The summed E-state index contributed by atoms with van der Waals surface area (Å²) >= 11 is 0. The smallest absolute Gasteiger partial charge is 0.111 e. The molecule has 0 saturated heterocycles. The quantitative estimate of drug-likeness (QED) is 0.118. The number of imidazole rings is 1. The Balaban J connectivity index is 2.30. The van der Waals surface area contributed by atoms with Crippen molar-refractivity contribution in [2.24, 2.45) is 0 Å². The van der Waals surface area contributed by atoms with E-state index in [9.17, 15) is 0 Å². The van der Waals surface area contributed by atoms with Crippen molar-refractivity contribution in [3.63, 3.8) is 0 Å². The van der Waals surface area contributed by atoms with E-state index < -0.39 is 0 Å². The molecule has 0 aliphatic carbocycles. The number of nitrogens with zero attached hydrogens (tertiary/aromatic N) is 2. The molecule has 1 aromatic rings. The van der Waals surface area contributed by atoms with E-state index in [1.54, 1.807) is 0 Å². The summed E-state index contributed by atoms with van der Waals surface area (Å²) in [7, 11) is 0. The fourth-order valence-corrected chi connectivity index (χ4v) is 5.73. The average molecular weight is 489 g/mol. The lowest BCUT2D eigenvalue weighted by Crippen LogP contribution is -2.13. The summed E-state index contributed by atoms with van der Waals surface area (Å²) < 4.78 is 2.51. The van der Waals surface area contributed by atoms with E-state index in [-0.39, 0.29) is 0 Å². The minimum absolute atomic E-state index is 0.584. The van der Waals surface area contributed by atoms with Gasteiger partial charge in [-0.25, -0.2) is 4.98 Å². The van der Waals surface area contributed by atoms with E-state index in [0.717, 1.165) is 0 Å². The largest absolute Gasteiger partial charge is 0.332 e. The molecule has 1 rings (SSSR count). The monoisotopic (exact) mass is 489 g/mol. The van der Waals surface area contributed by atoms with Crippen molar-refractivity contribution in [2.45, 2.75) is 194 Å². The van der Waals surface area contributed by atoms with E-state index >= 15 is 0 Å². The minimum atomic E-state index is 0.584. The summed E-state index contributed by atoms with van der Waals surface area (Å²) in [5.41, 5.74) is 0. The van der Waals surface area contributed by atoms with Crippen molar-refractivity contribution < 1.29 is 0 Å². The third-order valence-electron chi connectivity index (χ3n) is 8.06. The maximum atomic E-state index is 4.90. The Kier molecular flexibility index (Phi) is 21.7. The third kappa shape index (κ3) is 16.6. The molecule has 35 heavy (non-hydrogen) atoms. The number of hydrogen-bond acceptors (Lipinski definition) is 1. The van der Waals surface area contributed by atoms with Crippen molar-refractivity contribution >= 4 is 0 Å². The van der Waals surface area contributed by atoms with E-state index in [1.807, 2.05) is 0 Å². The van der Waals surface area contributed by atoms with Gasteiger partial charge in [-0.3, -0.25) is 0 Å². The number of aromatic nitrogens is 2. The second-order valence-electron chi connectivity index (χ2n) is 11.5. The molecule has 2 unspecified atom stereocenters. The molecule has 206 valence electrons. The molecule has 2 heteroatoms. The Morgan fingerprint density at radius 2 is 0.943 bits per heavy atom. The van der Waals surface area contributed by atoms with Gasteiger partial charge >= 0.3 is 0 Å². The predicted molar refractivity (Wildman–Crippen MR) is 158 cm³/mol. The van der Waals surface area contributed by atoms with Gasteiger partial charge in [-0.15, -0.1) is 0 Å². The summed E-state index contributed by atoms with van der Waals surface area (Å²) in [6, 6.07) is 0.584. The molecule has 0 spiro atoms. The first-order valence-corrected chi connectivity index (χ1v) is 16.3. The van der Waals surface area contributed by atoms with E-state index in [2.05, 4.69) is 44.7 Å². The van der Waals surface area contributed by atoms with Crippen LogP contribution < -0.4 is 0 Å². The van der Waals surface area contributed by atoms with Gasteiger partial charge in [0.2, 0.25) is 0 Å². The molecule has 0 radical (unpaired) electrons. The van der Waals surface area contributed by atoms with Gasteiger partial charge in [0.15, 0.2) is 0 Å². The normalized spacial score (nSPS) is 13.4. The van der Waals surface area contributed by atoms with Crippen LogP contribution in [0.25, 0.3) is 0 Å². The molecule has 1 aromatic heterocycles. The lowest BCUT2D eigenvalue weighted by molar-refractivity contribution is 0.421. The maximum Gasteiger partial charge on any atom is 0.111 e. The van der Waals surface area contributed by atoms with Gasteiger partial charge in [0.05, 0.1) is 0 Å². The van der Waals surface area contributed by atoms with Crippen molar-refractivity contribution in [2.75, 3.05) is 0 Å². The molecular weight excluding hydrogens is 424 g/mol. The first kappa shape index (κ1) is 32.2. The predicted octanol–water partition coefficient (Wildman–Crippen LogP) is 11.9. The van der Waals surface area contributed by atoms with Crippen molar-refractivity contribution in [1.82, 2.24) is 9.55 Å². The first-order chi connectivity index (χ1) is 17.2. The highest BCUT2D eigenvalue weighted by Gasteiger charge is 2.19. The van der Waals surface area contributed by atoms with E-state index in [1.165, 1.54) is 160 Å². The Labute approximate surface area is 221 Å². The highest BCUT2D eigenvalue weighted by molar-refractivity contribution is 5.02. The Hall–Kier alpha value is -0.790. The van der Waals surface area contributed by atoms with Crippen LogP contribution in [0, 0.1) is 0 Å². The number of rotatable bonds is 26. The lowest BCUT2D eigenvalue weighted by Gasteiger charge is -2.22. The van der Waals surface area contributed by atoms with Crippen LogP contribution in [-0.2, 0) is 0 Å². The van der Waals surface area contributed by atoms with Crippen LogP contribution in [0.1, 0.15) is 200 Å². The number of unbranched alkanes of at least 4 members (excludes halogenated alkanes) is 18. The van der Waals surface area contributed by atoms with Gasteiger partial charge in [-0.2, -0.15) is 0 Å². The first-order valence-electron chi connectivity index (χ1n) is 16.3. The van der Waals surface area contributed by atoms with Gasteiger partial charge in [-0.1, -0.05) is 156 Å². The fourth-order valence-electron chi connectivity index (χ4n) is 5.73. The van der Waals surface area contributed by atoms with Gasteiger partial charge in [0.1, 0.15) is 5.82 Å². The molecule has 0 aromatic carbocycles. The molecule has 0 fully saturated rings. The van der Waals surface area contributed by atoms with Gasteiger partial charge < -0.3 is 4.57 Å². The second kappa shape index (κ2) is 23.6. The lowest BCUT2D eigenvalue weighted by atomic mass is 9.93. The molecule has 2 atom stereocenters. The molecule has 0 amide bonds. The number of hydrogen-bond donors (Lipinski definition) is 0. The molecule has 1 heterocycles. The summed E-state index contributed by atoms with van der Waals surface area (Å²) in [4.78, 5) is 4.90. The van der Waals surface area contributed by atoms with Crippen LogP contribution in [0.3, 0.4) is 0 Å². The molecule has 0 aliphatic rings. The van der Waals surface area contributed by atoms with E-state index in [0.29, 0.717) is 12.0 Å². The van der Waals surface area contributed by atoms with Crippen molar-refractivity contribution in [1.29, 1.82) is 0 Å². The third-order valence-corrected chi connectivity index (χ3v) is 8.06. The SMILES string of the molecule is CCCCCCCCCCCCCCCC(CCCCCCCCC)c1nccn1C(C)CCC. The molecule has 0 aliphatic heterocycles. The van der Waals surface area contributed by atoms with Gasteiger partial charge in [0.25, 0.3) is 0 Å². The Morgan fingerprint density at radius 1 is 0.543 bits per heavy atom. The van der Waals surface area contributed by atoms with Crippen LogP contribution in [0.2, 0.25) is 0 Å². The molecule has 2 nitrogen and oxygen atoms in total. The van der Waals surface area contributed by atoms with Crippen LogP contribution in [0.4, 0.5) is 0 Å². The van der Waals surface area contributed by atoms with Crippen molar-refractivity contribution in [3.8, 4) is 0 Å².